The van der Waals surface area contributed by atoms with Crippen LogP contribution < -0.4 is 10.6 Å². The Labute approximate surface area is 257 Å². The summed E-state index contributed by atoms with van der Waals surface area (Å²) in [6.07, 6.45) is -0.721. The van der Waals surface area contributed by atoms with Crippen molar-refractivity contribution in [1.29, 1.82) is 5.26 Å². The minimum atomic E-state index is -4.32. The lowest BCUT2D eigenvalue weighted by molar-refractivity contribution is -0.137. The van der Waals surface area contributed by atoms with Crippen molar-refractivity contribution in [1.82, 2.24) is 20.4 Å². The van der Waals surface area contributed by atoms with E-state index in [0.717, 1.165) is 87.4 Å². The molecule has 230 valence electrons. The maximum absolute atomic E-state index is 12.9. The average molecular weight is 602 g/mol. The molecule has 0 aromatic heterocycles. The van der Waals surface area contributed by atoms with Crippen LogP contribution in [0.1, 0.15) is 63.9 Å². The van der Waals surface area contributed by atoms with Crippen LogP contribution in [0.25, 0.3) is 5.70 Å². The first-order valence-corrected chi connectivity index (χ1v) is 15.1. The lowest BCUT2D eigenvalue weighted by Crippen LogP contribution is -2.44. The lowest BCUT2D eigenvalue weighted by Gasteiger charge is -2.33. The summed E-state index contributed by atoms with van der Waals surface area (Å²) in [6.45, 7) is 9.21. The zero-order valence-electron chi connectivity index (χ0n) is 24.7. The highest BCUT2D eigenvalue weighted by Crippen LogP contribution is 2.29. The fourth-order valence-electron chi connectivity index (χ4n) is 5.89. The van der Waals surface area contributed by atoms with Gasteiger partial charge in [-0.1, -0.05) is 43.0 Å². The molecule has 0 radical (unpaired) electrons. The zero-order chi connectivity index (χ0) is 31.1. The van der Waals surface area contributed by atoms with Gasteiger partial charge in [-0.25, -0.2) is 0 Å². The van der Waals surface area contributed by atoms with Crippen molar-refractivity contribution in [3.8, 4) is 6.07 Å². The van der Waals surface area contributed by atoms with E-state index in [9.17, 15) is 18.0 Å². The number of nitrogens with zero attached hydrogens (tertiary/aromatic N) is 3. The maximum Gasteiger partial charge on any atom is 0.416 e. The minimum Gasteiger partial charge on any atom is -0.382 e. The number of carbonyl (C=O) groups is 1. The summed E-state index contributed by atoms with van der Waals surface area (Å²) in [5.41, 5.74) is 4.52. The first-order valence-electron chi connectivity index (χ1n) is 15.1. The van der Waals surface area contributed by atoms with Crippen LogP contribution in [0.5, 0.6) is 0 Å². The largest absolute Gasteiger partial charge is 0.416 e. The molecule has 0 spiro atoms. The molecule has 0 aliphatic carbocycles. The van der Waals surface area contributed by atoms with Crippen LogP contribution in [-0.2, 0) is 19.3 Å². The van der Waals surface area contributed by atoms with Gasteiger partial charge < -0.3 is 10.6 Å². The summed E-state index contributed by atoms with van der Waals surface area (Å²) < 4.78 is 38.4. The Morgan fingerprint density at radius 3 is 1.68 bits per heavy atom. The summed E-state index contributed by atoms with van der Waals surface area (Å²) in [7, 11) is 0. The van der Waals surface area contributed by atoms with Gasteiger partial charge in [0, 0.05) is 62.6 Å². The average Bonchev–Trinajstić information content (AvgIpc) is 3.03. The van der Waals surface area contributed by atoms with Gasteiger partial charge in [-0.05, 0) is 78.8 Å². The van der Waals surface area contributed by atoms with E-state index in [1.807, 2.05) is 48.5 Å². The van der Waals surface area contributed by atoms with Gasteiger partial charge in [0.15, 0.2) is 0 Å². The van der Waals surface area contributed by atoms with E-state index in [1.54, 1.807) is 0 Å². The number of hydrogen-bond donors (Lipinski definition) is 2. The number of nitriles is 1. The van der Waals surface area contributed by atoms with Crippen LogP contribution in [0.15, 0.2) is 79.4 Å². The third kappa shape index (κ3) is 8.49. The van der Waals surface area contributed by atoms with Crippen molar-refractivity contribution in [3.05, 3.63) is 113 Å². The van der Waals surface area contributed by atoms with Crippen molar-refractivity contribution in [2.45, 2.75) is 57.0 Å². The maximum atomic E-state index is 12.9. The predicted molar refractivity (Wildman–Crippen MR) is 165 cm³/mol. The molecule has 3 aromatic carbocycles. The number of nitrogens with one attached hydrogen (secondary N) is 2. The second kappa shape index (κ2) is 14.1. The van der Waals surface area contributed by atoms with Gasteiger partial charge in [-0.15, -0.1) is 0 Å². The number of likely N-dealkylation sites (tertiary alicyclic amines) is 2. The molecule has 9 heteroatoms. The monoisotopic (exact) mass is 601 g/mol. The molecule has 3 aromatic rings. The number of hydrogen-bond acceptors (Lipinski definition) is 5. The molecule has 44 heavy (non-hydrogen) atoms. The van der Waals surface area contributed by atoms with Gasteiger partial charge in [0.25, 0.3) is 5.91 Å². The van der Waals surface area contributed by atoms with E-state index >= 15 is 0 Å². The number of rotatable bonds is 9. The lowest BCUT2D eigenvalue weighted by atomic mass is 10.0. The summed E-state index contributed by atoms with van der Waals surface area (Å²) in [4.78, 5) is 17.6. The topological polar surface area (TPSA) is 71.4 Å². The number of amides is 1. The molecular weight excluding hydrogens is 563 g/mol. The zero-order valence-corrected chi connectivity index (χ0v) is 24.7. The van der Waals surface area contributed by atoms with Crippen LogP contribution in [0.2, 0.25) is 0 Å². The van der Waals surface area contributed by atoms with E-state index < -0.39 is 11.7 Å². The Kier molecular flexibility index (Phi) is 10.0. The Balaban J connectivity index is 1.02. The number of alkyl halides is 3. The Hall–Kier alpha value is -4.13. The molecule has 2 saturated heterocycles. The van der Waals surface area contributed by atoms with Gasteiger partial charge in [0.2, 0.25) is 0 Å². The van der Waals surface area contributed by atoms with Crippen LogP contribution in [-0.4, -0.2) is 54.0 Å². The van der Waals surface area contributed by atoms with Gasteiger partial charge in [0.1, 0.15) is 0 Å². The third-order valence-corrected chi connectivity index (χ3v) is 8.56. The molecular formula is C35H38F3N5O. The first kappa shape index (κ1) is 31.3. The molecule has 0 bridgehead atoms. The highest BCUT2D eigenvalue weighted by molar-refractivity contribution is 5.94. The molecule has 2 N–H and O–H groups in total. The highest BCUT2D eigenvalue weighted by atomic mass is 19.4. The molecule has 0 saturated carbocycles. The van der Waals surface area contributed by atoms with Crippen molar-refractivity contribution in [2.24, 2.45) is 0 Å². The van der Waals surface area contributed by atoms with Crippen LogP contribution in [0, 0.1) is 11.3 Å². The number of benzene rings is 3. The van der Waals surface area contributed by atoms with E-state index in [0.29, 0.717) is 23.7 Å². The summed E-state index contributed by atoms with van der Waals surface area (Å²) in [5, 5.41) is 15.7. The first-order chi connectivity index (χ1) is 21.2. The quantitative estimate of drug-likeness (QED) is 0.306. The van der Waals surface area contributed by atoms with E-state index in [-0.39, 0.29) is 11.9 Å². The van der Waals surface area contributed by atoms with Crippen LogP contribution >= 0.6 is 0 Å². The fourth-order valence-corrected chi connectivity index (χ4v) is 5.89. The van der Waals surface area contributed by atoms with Gasteiger partial charge in [-0.2, -0.15) is 18.4 Å². The smallest absolute Gasteiger partial charge is 0.382 e. The van der Waals surface area contributed by atoms with E-state index in [4.69, 9.17) is 5.26 Å². The summed E-state index contributed by atoms with van der Waals surface area (Å²) in [5.74, 6) is -0.106. The van der Waals surface area contributed by atoms with Crippen LogP contribution in [0.4, 0.5) is 13.2 Å². The Morgan fingerprint density at radius 1 is 0.750 bits per heavy atom. The SMILES string of the molecule is C=C(NC1CCN(Cc2ccc(C#N)cc2)CC1)c1ccc(C(=O)NC2CCN(Cc3ccc(C(F)(F)F)cc3)CC2)cc1. The normalized spacial score (nSPS) is 17.1. The van der Waals surface area contributed by atoms with Gasteiger partial charge >= 0.3 is 6.18 Å². The third-order valence-electron chi connectivity index (χ3n) is 8.56. The molecule has 6 nitrogen and oxygen atoms in total. The summed E-state index contributed by atoms with van der Waals surface area (Å²) in [6, 6.07) is 23.2. The summed E-state index contributed by atoms with van der Waals surface area (Å²) >= 11 is 0. The molecule has 0 unspecified atom stereocenters. The number of carbonyl (C=O) groups excluding carboxylic acids is 1. The van der Waals surface area contributed by atoms with Crippen molar-refractivity contribution in [2.75, 3.05) is 26.2 Å². The van der Waals surface area contributed by atoms with Crippen LogP contribution in [0.3, 0.4) is 0 Å². The molecule has 2 aliphatic rings. The van der Waals surface area contributed by atoms with Crippen molar-refractivity contribution < 1.29 is 18.0 Å². The minimum absolute atomic E-state index is 0.0606. The van der Waals surface area contributed by atoms with E-state index in [1.165, 1.54) is 17.7 Å². The molecule has 2 fully saturated rings. The van der Waals surface area contributed by atoms with Crippen molar-refractivity contribution in [3.63, 3.8) is 0 Å². The van der Waals surface area contributed by atoms with Gasteiger partial charge in [0.05, 0.1) is 17.2 Å². The Morgan fingerprint density at radius 2 is 1.20 bits per heavy atom. The highest BCUT2D eigenvalue weighted by Gasteiger charge is 2.30. The molecule has 5 rings (SSSR count). The predicted octanol–water partition coefficient (Wildman–Crippen LogP) is 6.20. The Bertz CT molecular complexity index is 1450. The molecule has 2 aliphatic heterocycles. The van der Waals surface area contributed by atoms with Crippen molar-refractivity contribution >= 4 is 11.6 Å². The molecule has 0 atom stereocenters. The molecule has 1 amide bonds. The number of halogens is 3. The second-order valence-electron chi connectivity index (χ2n) is 11.8. The second-order valence-corrected chi connectivity index (χ2v) is 11.8. The number of piperidine rings is 2. The van der Waals surface area contributed by atoms with Gasteiger partial charge in [-0.3, -0.25) is 14.6 Å². The van der Waals surface area contributed by atoms with E-state index in [2.05, 4.69) is 33.1 Å². The molecule has 2 heterocycles. The standard InChI is InChI=1S/C35H38F3N5O/c1-25(40-32-14-18-42(19-15-32)23-27-4-2-26(22-39)3-5-27)29-8-10-30(11-9-29)34(44)41-33-16-20-43(21-17-33)24-28-6-12-31(13-7-28)35(36,37)38/h2-13,32-33,40H,1,14-21,23-24H2,(H,41,44). The fraction of sp³-hybridized carbons (Fsp3) is 0.371.